The Morgan fingerprint density at radius 3 is 2.54 bits per heavy atom. The van der Waals surface area contributed by atoms with Gasteiger partial charge in [-0.25, -0.2) is 4.98 Å². The summed E-state index contributed by atoms with van der Waals surface area (Å²) in [7, 11) is 0. The third-order valence-corrected chi connectivity index (χ3v) is 5.80. The van der Waals surface area contributed by atoms with Crippen molar-refractivity contribution in [2.45, 2.75) is 25.8 Å². The zero-order valence-electron chi connectivity index (χ0n) is 15.8. The number of para-hydroxylation sites is 1. The fourth-order valence-corrected chi connectivity index (χ4v) is 4.32. The predicted octanol–water partition coefficient (Wildman–Crippen LogP) is 4.24. The van der Waals surface area contributed by atoms with E-state index < -0.39 is 0 Å². The van der Waals surface area contributed by atoms with E-state index in [2.05, 4.69) is 46.3 Å². The van der Waals surface area contributed by atoms with Crippen molar-refractivity contribution in [3.8, 4) is 0 Å². The minimum atomic E-state index is 0.0632. The number of rotatable bonds is 2. The van der Waals surface area contributed by atoms with Crippen LogP contribution < -0.4 is 9.80 Å². The van der Waals surface area contributed by atoms with Crippen molar-refractivity contribution in [3.63, 3.8) is 0 Å². The van der Waals surface area contributed by atoms with Crippen molar-refractivity contribution in [2.75, 3.05) is 22.9 Å². The zero-order chi connectivity index (χ0) is 18.9. The highest BCUT2D eigenvalue weighted by Crippen LogP contribution is 2.29. The van der Waals surface area contributed by atoms with Crippen LogP contribution in [0, 0.1) is 0 Å². The molecule has 5 rings (SSSR count). The maximum atomic E-state index is 13.3. The highest BCUT2D eigenvalue weighted by atomic mass is 16.2. The maximum absolute atomic E-state index is 13.3. The van der Waals surface area contributed by atoms with Crippen LogP contribution in [0.2, 0.25) is 0 Å². The minimum absolute atomic E-state index is 0.0632. The third kappa shape index (κ3) is 3.05. The van der Waals surface area contributed by atoms with Crippen molar-refractivity contribution in [2.24, 2.45) is 0 Å². The summed E-state index contributed by atoms with van der Waals surface area (Å²) in [6, 6.07) is 20.6. The predicted molar refractivity (Wildman–Crippen MR) is 112 cm³/mol. The fraction of sp³-hybridized carbons (Fsp3) is 0.250. The van der Waals surface area contributed by atoms with Crippen molar-refractivity contribution in [3.05, 3.63) is 89.1 Å². The van der Waals surface area contributed by atoms with Crippen LogP contribution in [0.15, 0.2) is 66.9 Å². The SMILES string of the molecule is O=C(c1ccnc(N2CCc3ccccc3C2)c1)N1CCCc2ccccc21. The molecule has 1 amide bonds. The fourth-order valence-electron chi connectivity index (χ4n) is 4.32. The second-order valence-corrected chi connectivity index (χ2v) is 7.53. The molecule has 0 radical (unpaired) electrons. The number of carbonyl (C=O) groups is 1. The summed E-state index contributed by atoms with van der Waals surface area (Å²) >= 11 is 0. The van der Waals surface area contributed by atoms with Gasteiger partial charge in [-0.3, -0.25) is 4.79 Å². The first-order valence-corrected chi connectivity index (χ1v) is 9.97. The van der Waals surface area contributed by atoms with Crippen molar-refractivity contribution < 1.29 is 4.79 Å². The van der Waals surface area contributed by atoms with Gasteiger partial charge < -0.3 is 9.80 Å². The molecule has 2 aliphatic rings. The Bertz CT molecular complexity index is 1030. The van der Waals surface area contributed by atoms with E-state index in [-0.39, 0.29) is 5.91 Å². The molecule has 0 bridgehead atoms. The molecule has 140 valence electrons. The Morgan fingerprint density at radius 2 is 1.64 bits per heavy atom. The number of hydrogen-bond acceptors (Lipinski definition) is 3. The molecule has 2 aromatic carbocycles. The van der Waals surface area contributed by atoms with Crippen molar-refractivity contribution in [1.29, 1.82) is 0 Å². The number of anilines is 2. The van der Waals surface area contributed by atoms with Gasteiger partial charge in [0.2, 0.25) is 0 Å². The van der Waals surface area contributed by atoms with Gasteiger partial charge in [0.1, 0.15) is 5.82 Å². The molecule has 3 aromatic rings. The number of carbonyl (C=O) groups excluding carboxylic acids is 1. The monoisotopic (exact) mass is 369 g/mol. The molecule has 2 aliphatic heterocycles. The van der Waals surface area contributed by atoms with E-state index in [9.17, 15) is 4.79 Å². The van der Waals surface area contributed by atoms with E-state index >= 15 is 0 Å². The molecule has 0 spiro atoms. The first-order valence-electron chi connectivity index (χ1n) is 9.97. The average Bonchev–Trinajstić information content (AvgIpc) is 2.78. The molecule has 0 N–H and O–H groups in total. The Morgan fingerprint density at radius 1 is 0.857 bits per heavy atom. The molecule has 1 aromatic heterocycles. The molecule has 28 heavy (non-hydrogen) atoms. The number of pyridine rings is 1. The number of aryl methyl sites for hydroxylation is 1. The standard InChI is InChI=1S/C24H23N3O/c28-24(27-14-5-9-19-7-3-4-10-22(19)27)20-11-13-25-23(16-20)26-15-12-18-6-1-2-8-21(18)17-26/h1-4,6-8,10-11,13,16H,5,9,12,14-15,17H2. The van der Waals surface area contributed by atoms with Gasteiger partial charge in [0, 0.05) is 37.1 Å². The molecule has 0 fully saturated rings. The lowest BCUT2D eigenvalue weighted by atomic mass is 9.99. The summed E-state index contributed by atoms with van der Waals surface area (Å²) in [6.45, 7) is 2.53. The van der Waals surface area contributed by atoms with Gasteiger partial charge in [-0.05, 0) is 54.2 Å². The van der Waals surface area contributed by atoms with Gasteiger partial charge in [-0.2, -0.15) is 0 Å². The molecule has 0 unspecified atom stereocenters. The Balaban J connectivity index is 1.42. The topological polar surface area (TPSA) is 36.4 Å². The van der Waals surface area contributed by atoms with E-state index in [4.69, 9.17) is 0 Å². The van der Waals surface area contributed by atoms with Crippen molar-refractivity contribution in [1.82, 2.24) is 4.98 Å². The smallest absolute Gasteiger partial charge is 0.258 e. The third-order valence-electron chi connectivity index (χ3n) is 5.80. The van der Waals surface area contributed by atoms with Gasteiger partial charge in [0.15, 0.2) is 0 Å². The number of fused-ring (bicyclic) bond motifs is 2. The molecular formula is C24H23N3O. The second kappa shape index (κ2) is 7.12. The van der Waals surface area contributed by atoms with Gasteiger partial charge in [0.25, 0.3) is 5.91 Å². The lowest BCUT2D eigenvalue weighted by Gasteiger charge is -2.31. The summed E-state index contributed by atoms with van der Waals surface area (Å²) in [5.74, 6) is 0.943. The van der Waals surface area contributed by atoms with E-state index in [1.165, 1.54) is 16.7 Å². The van der Waals surface area contributed by atoms with Crippen LogP contribution in [0.1, 0.15) is 33.5 Å². The molecule has 0 atom stereocenters. The number of nitrogens with zero attached hydrogens (tertiary/aromatic N) is 3. The lowest BCUT2D eigenvalue weighted by molar-refractivity contribution is 0.0985. The summed E-state index contributed by atoms with van der Waals surface area (Å²) in [5.41, 5.74) is 5.77. The Kier molecular flexibility index (Phi) is 4.32. The maximum Gasteiger partial charge on any atom is 0.258 e. The van der Waals surface area contributed by atoms with Crippen LogP contribution in [0.3, 0.4) is 0 Å². The van der Waals surface area contributed by atoms with Crippen molar-refractivity contribution >= 4 is 17.4 Å². The van der Waals surface area contributed by atoms with Gasteiger partial charge in [-0.15, -0.1) is 0 Å². The highest BCUT2D eigenvalue weighted by Gasteiger charge is 2.24. The molecule has 3 heterocycles. The van der Waals surface area contributed by atoms with Gasteiger partial charge in [-0.1, -0.05) is 42.5 Å². The first-order chi connectivity index (χ1) is 13.8. The summed E-state index contributed by atoms with van der Waals surface area (Å²) in [6.07, 6.45) is 4.81. The Hall–Kier alpha value is -3.14. The number of amides is 1. The molecule has 0 saturated carbocycles. The van der Waals surface area contributed by atoms with Gasteiger partial charge in [0.05, 0.1) is 0 Å². The number of aromatic nitrogens is 1. The molecule has 4 heteroatoms. The number of benzene rings is 2. The minimum Gasteiger partial charge on any atom is -0.352 e. The lowest BCUT2D eigenvalue weighted by Crippen LogP contribution is -2.36. The van der Waals surface area contributed by atoms with Crippen LogP contribution in [-0.2, 0) is 19.4 Å². The summed E-state index contributed by atoms with van der Waals surface area (Å²) in [5, 5.41) is 0. The molecule has 0 saturated heterocycles. The van der Waals surface area contributed by atoms with Crippen LogP contribution in [-0.4, -0.2) is 24.0 Å². The summed E-state index contributed by atoms with van der Waals surface area (Å²) < 4.78 is 0. The van der Waals surface area contributed by atoms with E-state index in [1.807, 2.05) is 29.2 Å². The van der Waals surface area contributed by atoms with E-state index in [1.54, 1.807) is 6.20 Å². The second-order valence-electron chi connectivity index (χ2n) is 7.53. The quantitative estimate of drug-likeness (QED) is 0.678. The van der Waals surface area contributed by atoms with Crippen LogP contribution in [0.5, 0.6) is 0 Å². The van der Waals surface area contributed by atoms with Crippen LogP contribution >= 0.6 is 0 Å². The highest BCUT2D eigenvalue weighted by molar-refractivity contribution is 6.07. The molecular weight excluding hydrogens is 346 g/mol. The van der Waals surface area contributed by atoms with E-state index in [0.717, 1.165) is 50.4 Å². The molecule has 0 aliphatic carbocycles. The first kappa shape index (κ1) is 17.0. The Labute approximate surface area is 165 Å². The normalized spacial score (nSPS) is 15.7. The zero-order valence-corrected chi connectivity index (χ0v) is 15.8. The van der Waals surface area contributed by atoms with E-state index in [0.29, 0.717) is 5.56 Å². The van der Waals surface area contributed by atoms with Crippen LogP contribution in [0.25, 0.3) is 0 Å². The summed E-state index contributed by atoms with van der Waals surface area (Å²) in [4.78, 5) is 22.0. The average molecular weight is 369 g/mol. The largest absolute Gasteiger partial charge is 0.352 e. The number of hydrogen-bond donors (Lipinski definition) is 0. The van der Waals surface area contributed by atoms with Gasteiger partial charge >= 0.3 is 0 Å². The van der Waals surface area contributed by atoms with Crippen LogP contribution in [0.4, 0.5) is 11.5 Å². The molecule has 4 nitrogen and oxygen atoms in total.